The minimum Gasteiger partial charge on any atom is -0.399 e. The maximum atomic E-state index is 12.1. The standard InChI is InChI=1S/C13H20N2O2S/c1-10-9-12(14)6-7-13(10)18(16,17)15-8-2-3-11-4-5-11/h6-7,9,11,15H,2-5,8,14H2,1H3. The zero-order valence-corrected chi connectivity index (χ0v) is 11.5. The Kier molecular flexibility index (Phi) is 3.92. The predicted molar refractivity (Wildman–Crippen MR) is 72.7 cm³/mol. The molecule has 1 aliphatic rings. The van der Waals surface area contributed by atoms with E-state index in [2.05, 4.69) is 4.72 Å². The van der Waals surface area contributed by atoms with Crippen molar-refractivity contribution in [3.05, 3.63) is 23.8 Å². The van der Waals surface area contributed by atoms with Crippen LogP contribution in [0.2, 0.25) is 0 Å². The summed E-state index contributed by atoms with van der Waals surface area (Å²) in [6.45, 7) is 2.28. The number of nitrogen functional groups attached to an aromatic ring is 1. The van der Waals surface area contributed by atoms with Gasteiger partial charge in [0, 0.05) is 12.2 Å². The molecule has 0 spiro atoms. The SMILES string of the molecule is Cc1cc(N)ccc1S(=O)(=O)NCCCC1CC1. The third-order valence-electron chi connectivity index (χ3n) is 3.27. The highest BCUT2D eigenvalue weighted by atomic mass is 32.2. The van der Waals surface area contributed by atoms with Crippen LogP contribution in [0.3, 0.4) is 0 Å². The summed E-state index contributed by atoms with van der Waals surface area (Å²) < 4.78 is 26.8. The van der Waals surface area contributed by atoms with Crippen molar-refractivity contribution in [3.63, 3.8) is 0 Å². The molecule has 0 bridgehead atoms. The van der Waals surface area contributed by atoms with Crippen molar-refractivity contribution in [2.45, 2.75) is 37.5 Å². The third-order valence-corrected chi connectivity index (χ3v) is 4.89. The molecule has 1 aromatic carbocycles. The minimum atomic E-state index is -3.39. The first-order valence-electron chi connectivity index (χ1n) is 6.35. The summed E-state index contributed by atoms with van der Waals surface area (Å²) in [4.78, 5) is 0.322. The highest BCUT2D eigenvalue weighted by Crippen LogP contribution is 2.33. The first kappa shape index (κ1) is 13.4. The summed E-state index contributed by atoms with van der Waals surface area (Å²) in [7, 11) is -3.39. The van der Waals surface area contributed by atoms with Crippen molar-refractivity contribution in [2.24, 2.45) is 5.92 Å². The van der Waals surface area contributed by atoms with Crippen molar-refractivity contribution in [1.29, 1.82) is 0 Å². The molecule has 18 heavy (non-hydrogen) atoms. The zero-order valence-electron chi connectivity index (χ0n) is 10.6. The molecular weight excluding hydrogens is 248 g/mol. The Morgan fingerprint density at radius 2 is 2.11 bits per heavy atom. The molecule has 4 nitrogen and oxygen atoms in total. The van der Waals surface area contributed by atoms with E-state index in [-0.39, 0.29) is 0 Å². The van der Waals surface area contributed by atoms with Gasteiger partial charge < -0.3 is 5.73 Å². The van der Waals surface area contributed by atoms with E-state index in [0.717, 1.165) is 18.8 Å². The highest BCUT2D eigenvalue weighted by Gasteiger charge is 2.21. The maximum Gasteiger partial charge on any atom is 0.240 e. The number of rotatable bonds is 6. The molecule has 1 aliphatic carbocycles. The van der Waals surface area contributed by atoms with Crippen LogP contribution in [0.25, 0.3) is 0 Å². The fourth-order valence-corrected chi connectivity index (χ4v) is 3.35. The summed E-state index contributed by atoms with van der Waals surface area (Å²) in [6.07, 6.45) is 4.66. The van der Waals surface area contributed by atoms with Crippen molar-refractivity contribution < 1.29 is 8.42 Å². The largest absolute Gasteiger partial charge is 0.399 e. The fraction of sp³-hybridized carbons (Fsp3) is 0.538. The summed E-state index contributed by atoms with van der Waals surface area (Å²) >= 11 is 0. The minimum absolute atomic E-state index is 0.322. The lowest BCUT2D eigenvalue weighted by atomic mass is 10.2. The van der Waals surface area contributed by atoms with Crippen LogP contribution < -0.4 is 10.5 Å². The van der Waals surface area contributed by atoms with E-state index in [9.17, 15) is 8.42 Å². The van der Waals surface area contributed by atoms with E-state index >= 15 is 0 Å². The van der Waals surface area contributed by atoms with Gasteiger partial charge in [0.1, 0.15) is 0 Å². The monoisotopic (exact) mass is 268 g/mol. The van der Waals surface area contributed by atoms with Gasteiger partial charge in [0.2, 0.25) is 10.0 Å². The summed E-state index contributed by atoms with van der Waals surface area (Å²) in [6, 6.07) is 4.86. The first-order valence-corrected chi connectivity index (χ1v) is 7.83. The molecule has 3 N–H and O–H groups in total. The molecule has 0 heterocycles. The molecule has 2 rings (SSSR count). The highest BCUT2D eigenvalue weighted by molar-refractivity contribution is 7.89. The Hall–Kier alpha value is -1.07. The third kappa shape index (κ3) is 3.46. The van der Waals surface area contributed by atoms with E-state index in [1.165, 1.54) is 12.8 Å². The molecule has 0 atom stereocenters. The molecule has 0 radical (unpaired) electrons. The Balaban J connectivity index is 1.95. The Morgan fingerprint density at radius 1 is 1.39 bits per heavy atom. The molecular formula is C13H20N2O2S. The van der Waals surface area contributed by atoms with Gasteiger partial charge >= 0.3 is 0 Å². The maximum absolute atomic E-state index is 12.1. The molecule has 5 heteroatoms. The lowest BCUT2D eigenvalue weighted by Crippen LogP contribution is -2.25. The van der Waals surface area contributed by atoms with E-state index in [0.29, 0.717) is 22.7 Å². The fourth-order valence-electron chi connectivity index (χ4n) is 2.06. The van der Waals surface area contributed by atoms with Crippen LogP contribution in [0.1, 0.15) is 31.2 Å². The van der Waals surface area contributed by atoms with E-state index in [1.807, 2.05) is 0 Å². The van der Waals surface area contributed by atoms with E-state index < -0.39 is 10.0 Å². The van der Waals surface area contributed by atoms with E-state index in [1.54, 1.807) is 25.1 Å². The topological polar surface area (TPSA) is 72.2 Å². The van der Waals surface area contributed by atoms with Crippen LogP contribution in [-0.2, 0) is 10.0 Å². The quantitative estimate of drug-likeness (QED) is 0.612. The van der Waals surface area contributed by atoms with E-state index in [4.69, 9.17) is 5.73 Å². The summed E-state index contributed by atoms with van der Waals surface area (Å²) in [5.74, 6) is 0.841. The Morgan fingerprint density at radius 3 is 2.72 bits per heavy atom. The molecule has 0 unspecified atom stereocenters. The van der Waals surface area contributed by atoms with Gasteiger partial charge in [-0.15, -0.1) is 0 Å². The molecule has 0 saturated heterocycles. The molecule has 0 amide bonds. The first-order chi connectivity index (χ1) is 8.49. The van der Waals surface area contributed by atoms with Crippen molar-refractivity contribution >= 4 is 15.7 Å². The number of sulfonamides is 1. The average Bonchev–Trinajstić information content (AvgIpc) is 3.07. The van der Waals surface area contributed by atoms with Crippen LogP contribution in [0, 0.1) is 12.8 Å². The van der Waals surface area contributed by atoms with Crippen LogP contribution in [0.4, 0.5) is 5.69 Å². The molecule has 0 aliphatic heterocycles. The lowest BCUT2D eigenvalue weighted by Gasteiger charge is -2.09. The predicted octanol–water partition coefficient (Wildman–Crippen LogP) is 2.05. The molecule has 100 valence electrons. The van der Waals surface area contributed by atoms with Crippen LogP contribution in [0.15, 0.2) is 23.1 Å². The number of hydrogen-bond acceptors (Lipinski definition) is 3. The normalized spacial score (nSPS) is 15.8. The number of nitrogens with two attached hydrogens (primary N) is 1. The number of aryl methyl sites for hydroxylation is 1. The Bertz CT molecular complexity index is 522. The zero-order chi connectivity index (χ0) is 13.2. The van der Waals surface area contributed by atoms with Gasteiger partial charge in [0.25, 0.3) is 0 Å². The number of nitrogens with one attached hydrogen (secondary N) is 1. The number of hydrogen-bond donors (Lipinski definition) is 2. The van der Waals surface area contributed by atoms with Crippen LogP contribution in [-0.4, -0.2) is 15.0 Å². The summed E-state index contributed by atoms with van der Waals surface area (Å²) in [5.41, 5.74) is 6.89. The van der Waals surface area contributed by atoms with Crippen LogP contribution in [0.5, 0.6) is 0 Å². The number of anilines is 1. The van der Waals surface area contributed by atoms with Gasteiger partial charge in [-0.3, -0.25) is 0 Å². The second kappa shape index (κ2) is 5.28. The molecule has 1 aromatic rings. The van der Waals surface area contributed by atoms with Gasteiger partial charge in [0.05, 0.1) is 4.90 Å². The van der Waals surface area contributed by atoms with Crippen molar-refractivity contribution in [1.82, 2.24) is 4.72 Å². The van der Waals surface area contributed by atoms with Crippen molar-refractivity contribution in [3.8, 4) is 0 Å². The van der Waals surface area contributed by atoms with Gasteiger partial charge in [-0.2, -0.15) is 0 Å². The molecule has 0 aromatic heterocycles. The summed E-state index contributed by atoms with van der Waals surface area (Å²) in [5, 5.41) is 0. The Labute approximate surface area is 109 Å². The van der Waals surface area contributed by atoms with Gasteiger partial charge in [-0.05, 0) is 49.4 Å². The second-order valence-corrected chi connectivity index (χ2v) is 6.74. The second-order valence-electron chi connectivity index (χ2n) is 5.01. The number of benzene rings is 1. The van der Waals surface area contributed by atoms with Crippen molar-refractivity contribution in [2.75, 3.05) is 12.3 Å². The molecule has 1 saturated carbocycles. The van der Waals surface area contributed by atoms with Crippen LogP contribution >= 0.6 is 0 Å². The average molecular weight is 268 g/mol. The van der Waals surface area contributed by atoms with Gasteiger partial charge in [-0.25, -0.2) is 13.1 Å². The lowest BCUT2D eigenvalue weighted by molar-refractivity contribution is 0.572. The van der Waals surface area contributed by atoms with Gasteiger partial charge in [-0.1, -0.05) is 12.8 Å². The smallest absolute Gasteiger partial charge is 0.240 e. The molecule has 1 fully saturated rings. The van der Waals surface area contributed by atoms with Gasteiger partial charge in [0.15, 0.2) is 0 Å².